The van der Waals surface area contributed by atoms with Gasteiger partial charge in [0.15, 0.2) is 11.5 Å². The maximum atomic E-state index is 6.19. The molecule has 22 heavy (non-hydrogen) atoms. The van der Waals surface area contributed by atoms with Gasteiger partial charge in [-0.15, -0.1) is 5.10 Å². The molecule has 2 aromatic carbocycles. The number of anilines is 1. The molecule has 0 amide bonds. The highest BCUT2D eigenvalue weighted by atomic mass is 35.5. The van der Waals surface area contributed by atoms with E-state index in [0.717, 1.165) is 17.0 Å². The number of ether oxygens (including phenoxy) is 2. The Bertz CT molecular complexity index is 862. The summed E-state index contributed by atoms with van der Waals surface area (Å²) < 4.78 is 12.3. The highest BCUT2D eigenvalue weighted by Gasteiger charge is 2.15. The molecule has 2 heterocycles. The molecule has 7 heteroatoms. The van der Waals surface area contributed by atoms with Crippen LogP contribution in [0.5, 0.6) is 11.5 Å². The van der Waals surface area contributed by atoms with Gasteiger partial charge < -0.3 is 15.2 Å². The number of halogens is 1. The van der Waals surface area contributed by atoms with Gasteiger partial charge in [-0.1, -0.05) is 16.8 Å². The fourth-order valence-corrected chi connectivity index (χ4v) is 2.55. The number of benzene rings is 2. The van der Waals surface area contributed by atoms with Crippen molar-refractivity contribution in [2.24, 2.45) is 0 Å². The molecule has 0 saturated carbocycles. The molecule has 0 unspecified atom stereocenters. The standard InChI is InChI=1S/C15H11ClN4O2/c16-11-6-10(17)2-3-13(11)20-7-12(18-19-20)9-1-4-14-15(5-9)22-8-21-14/h1-7H,8,17H2. The summed E-state index contributed by atoms with van der Waals surface area (Å²) in [6, 6.07) is 10.9. The third kappa shape index (κ3) is 2.14. The Hall–Kier alpha value is -2.73. The van der Waals surface area contributed by atoms with Gasteiger partial charge in [0, 0.05) is 11.3 Å². The van der Waals surface area contributed by atoms with Crippen molar-refractivity contribution in [1.82, 2.24) is 15.0 Å². The summed E-state index contributed by atoms with van der Waals surface area (Å²) in [4.78, 5) is 0. The minimum Gasteiger partial charge on any atom is -0.454 e. The maximum Gasteiger partial charge on any atom is 0.231 e. The second kappa shape index (κ2) is 4.92. The highest BCUT2D eigenvalue weighted by molar-refractivity contribution is 6.32. The first-order chi connectivity index (χ1) is 10.7. The van der Waals surface area contributed by atoms with Crippen LogP contribution < -0.4 is 15.2 Å². The molecule has 0 bridgehead atoms. The van der Waals surface area contributed by atoms with Gasteiger partial charge in [-0.2, -0.15) is 0 Å². The number of nitrogens with two attached hydrogens (primary N) is 1. The van der Waals surface area contributed by atoms with Crippen LogP contribution in [0.25, 0.3) is 16.9 Å². The smallest absolute Gasteiger partial charge is 0.231 e. The lowest BCUT2D eigenvalue weighted by molar-refractivity contribution is 0.174. The zero-order valence-corrected chi connectivity index (χ0v) is 12.1. The maximum absolute atomic E-state index is 6.19. The monoisotopic (exact) mass is 314 g/mol. The molecule has 4 rings (SSSR count). The van der Waals surface area contributed by atoms with Crippen LogP contribution in [0.2, 0.25) is 5.02 Å². The van der Waals surface area contributed by atoms with Crippen LogP contribution >= 0.6 is 11.6 Å². The fourth-order valence-electron chi connectivity index (χ4n) is 2.28. The molecule has 0 aliphatic carbocycles. The molecule has 0 spiro atoms. The Morgan fingerprint density at radius 3 is 2.82 bits per heavy atom. The Balaban J connectivity index is 1.72. The third-order valence-electron chi connectivity index (χ3n) is 3.38. The Labute approximate surface area is 131 Å². The van der Waals surface area contributed by atoms with Crippen molar-refractivity contribution < 1.29 is 9.47 Å². The zero-order valence-electron chi connectivity index (χ0n) is 11.4. The normalized spacial score (nSPS) is 12.6. The summed E-state index contributed by atoms with van der Waals surface area (Å²) in [5.41, 5.74) is 8.62. The van der Waals surface area contributed by atoms with Crippen LogP contribution in [-0.2, 0) is 0 Å². The SMILES string of the molecule is Nc1ccc(-n2cc(-c3ccc4c(c3)OCO4)nn2)c(Cl)c1. The van der Waals surface area contributed by atoms with Gasteiger partial charge in [-0.3, -0.25) is 0 Å². The van der Waals surface area contributed by atoms with E-state index < -0.39 is 0 Å². The van der Waals surface area contributed by atoms with Crippen molar-refractivity contribution in [1.29, 1.82) is 0 Å². The van der Waals surface area contributed by atoms with E-state index in [4.69, 9.17) is 26.8 Å². The molecule has 0 fully saturated rings. The first-order valence-electron chi connectivity index (χ1n) is 6.58. The summed E-state index contributed by atoms with van der Waals surface area (Å²) in [6.45, 7) is 0.243. The highest BCUT2D eigenvalue weighted by Crippen LogP contribution is 2.35. The molecular formula is C15H11ClN4O2. The molecule has 0 radical (unpaired) electrons. The van der Waals surface area contributed by atoms with Crippen LogP contribution in [0.3, 0.4) is 0 Å². The molecule has 110 valence electrons. The van der Waals surface area contributed by atoms with Crippen molar-refractivity contribution in [2.75, 3.05) is 12.5 Å². The molecule has 2 N–H and O–H groups in total. The average molecular weight is 315 g/mol. The molecule has 0 atom stereocenters. The zero-order chi connectivity index (χ0) is 15.1. The van der Waals surface area contributed by atoms with Gasteiger partial charge in [0.2, 0.25) is 6.79 Å². The summed E-state index contributed by atoms with van der Waals surface area (Å²) in [7, 11) is 0. The van der Waals surface area contributed by atoms with Crippen molar-refractivity contribution >= 4 is 17.3 Å². The Morgan fingerprint density at radius 2 is 1.95 bits per heavy atom. The van der Waals surface area contributed by atoms with Crippen LogP contribution in [0, 0.1) is 0 Å². The summed E-state index contributed by atoms with van der Waals surface area (Å²) in [6.07, 6.45) is 1.80. The van der Waals surface area contributed by atoms with Gasteiger partial charge in [-0.25, -0.2) is 4.68 Å². The van der Waals surface area contributed by atoms with E-state index in [-0.39, 0.29) is 6.79 Å². The van der Waals surface area contributed by atoms with Gasteiger partial charge in [0.1, 0.15) is 5.69 Å². The van der Waals surface area contributed by atoms with E-state index in [1.54, 1.807) is 29.1 Å². The lowest BCUT2D eigenvalue weighted by atomic mass is 10.1. The summed E-state index contributed by atoms with van der Waals surface area (Å²) >= 11 is 6.19. The van der Waals surface area contributed by atoms with E-state index in [0.29, 0.717) is 22.2 Å². The lowest BCUT2D eigenvalue weighted by Crippen LogP contribution is -1.96. The van der Waals surface area contributed by atoms with Crippen LogP contribution in [0.4, 0.5) is 5.69 Å². The van der Waals surface area contributed by atoms with E-state index in [1.807, 2.05) is 18.2 Å². The number of nitrogen functional groups attached to an aromatic ring is 1. The van der Waals surface area contributed by atoms with Crippen LogP contribution in [0.15, 0.2) is 42.6 Å². The van der Waals surface area contributed by atoms with Crippen LogP contribution in [-0.4, -0.2) is 21.8 Å². The topological polar surface area (TPSA) is 75.2 Å². The van der Waals surface area contributed by atoms with E-state index in [9.17, 15) is 0 Å². The average Bonchev–Trinajstić information content (AvgIpc) is 3.15. The number of hydrogen-bond acceptors (Lipinski definition) is 5. The van der Waals surface area contributed by atoms with E-state index >= 15 is 0 Å². The molecule has 1 aromatic heterocycles. The number of hydrogen-bond donors (Lipinski definition) is 1. The minimum absolute atomic E-state index is 0.243. The number of aromatic nitrogens is 3. The molecule has 3 aromatic rings. The van der Waals surface area contributed by atoms with Crippen molar-refractivity contribution in [2.45, 2.75) is 0 Å². The van der Waals surface area contributed by atoms with Gasteiger partial charge in [0.05, 0.1) is 16.9 Å². The molecule has 1 aliphatic heterocycles. The van der Waals surface area contributed by atoms with E-state index in [2.05, 4.69) is 10.3 Å². The number of rotatable bonds is 2. The molecular weight excluding hydrogens is 304 g/mol. The summed E-state index contributed by atoms with van der Waals surface area (Å²) in [5.74, 6) is 1.44. The predicted molar refractivity (Wildman–Crippen MR) is 82.3 cm³/mol. The molecule has 0 saturated heterocycles. The van der Waals surface area contributed by atoms with Gasteiger partial charge >= 0.3 is 0 Å². The quantitative estimate of drug-likeness (QED) is 0.736. The van der Waals surface area contributed by atoms with Gasteiger partial charge in [-0.05, 0) is 36.4 Å². The second-order valence-corrected chi connectivity index (χ2v) is 5.23. The second-order valence-electron chi connectivity index (χ2n) is 4.83. The first-order valence-corrected chi connectivity index (χ1v) is 6.96. The van der Waals surface area contributed by atoms with Crippen molar-refractivity contribution in [3.05, 3.63) is 47.6 Å². The van der Waals surface area contributed by atoms with E-state index in [1.165, 1.54) is 0 Å². The Kier molecular flexibility index (Phi) is 2.90. The molecule has 1 aliphatic rings. The van der Waals surface area contributed by atoms with Crippen molar-refractivity contribution in [3.63, 3.8) is 0 Å². The summed E-state index contributed by atoms with van der Waals surface area (Å²) in [5, 5.41) is 8.81. The minimum atomic E-state index is 0.243. The van der Waals surface area contributed by atoms with Crippen LogP contribution in [0.1, 0.15) is 0 Å². The number of nitrogens with zero attached hydrogens (tertiary/aromatic N) is 3. The fraction of sp³-hybridized carbons (Fsp3) is 0.0667. The third-order valence-corrected chi connectivity index (χ3v) is 3.68. The Morgan fingerprint density at radius 1 is 1.09 bits per heavy atom. The van der Waals surface area contributed by atoms with Crippen molar-refractivity contribution in [3.8, 4) is 28.4 Å². The lowest BCUT2D eigenvalue weighted by Gasteiger charge is -2.03. The predicted octanol–water partition coefficient (Wildman–Crippen LogP) is 2.90. The first kappa shape index (κ1) is 13.0. The molecule has 6 nitrogen and oxygen atoms in total. The van der Waals surface area contributed by atoms with Gasteiger partial charge in [0.25, 0.3) is 0 Å². The number of fused-ring (bicyclic) bond motifs is 1. The largest absolute Gasteiger partial charge is 0.454 e.